The standard InChI is InChI=1S/C23H32ClN5O3/c1-5-16-19(24)28-20(26-16)21(30)27-17-11-12-29(22(31)32-23(2,3)4)14-18(17)25-13-15-9-7-6-8-10-15/h6-10,17-18,25H,5,11-14H2,1-4H3,(H,26,28)(H,27,30). The highest BCUT2D eigenvalue weighted by Gasteiger charge is 2.34. The van der Waals surface area contributed by atoms with Gasteiger partial charge in [0.1, 0.15) is 5.60 Å². The molecule has 1 aliphatic rings. The summed E-state index contributed by atoms with van der Waals surface area (Å²) < 4.78 is 5.54. The molecule has 3 rings (SSSR count). The molecule has 2 unspecified atom stereocenters. The molecule has 1 aromatic heterocycles. The first-order valence-corrected chi connectivity index (χ1v) is 11.3. The molecule has 8 nitrogen and oxygen atoms in total. The number of ether oxygens (including phenoxy) is 1. The van der Waals surface area contributed by atoms with E-state index < -0.39 is 5.60 Å². The van der Waals surface area contributed by atoms with Gasteiger partial charge in [-0.2, -0.15) is 0 Å². The molecule has 1 saturated heterocycles. The molecule has 1 aliphatic heterocycles. The Morgan fingerprint density at radius 1 is 1.25 bits per heavy atom. The van der Waals surface area contributed by atoms with E-state index in [1.807, 2.05) is 58.0 Å². The number of aromatic amines is 1. The summed E-state index contributed by atoms with van der Waals surface area (Å²) in [6.07, 6.45) is 0.903. The van der Waals surface area contributed by atoms with Crippen molar-refractivity contribution in [1.82, 2.24) is 25.5 Å². The van der Waals surface area contributed by atoms with Crippen LogP contribution in [0.15, 0.2) is 30.3 Å². The van der Waals surface area contributed by atoms with E-state index in [1.54, 1.807) is 4.90 Å². The highest BCUT2D eigenvalue weighted by atomic mass is 35.5. The van der Waals surface area contributed by atoms with Gasteiger partial charge in [0.2, 0.25) is 0 Å². The van der Waals surface area contributed by atoms with Crippen LogP contribution >= 0.6 is 11.6 Å². The molecule has 174 valence electrons. The van der Waals surface area contributed by atoms with Crippen LogP contribution in [0.25, 0.3) is 0 Å². The molecule has 0 radical (unpaired) electrons. The van der Waals surface area contributed by atoms with Gasteiger partial charge in [0.15, 0.2) is 11.0 Å². The Labute approximate surface area is 194 Å². The third-order valence-electron chi connectivity index (χ3n) is 5.29. The van der Waals surface area contributed by atoms with Gasteiger partial charge in [-0.3, -0.25) is 4.79 Å². The Morgan fingerprint density at radius 3 is 2.59 bits per heavy atom. The van der Waals surface area contributed by atoms with E-state index in [4.69, 9.17) is 16.3 Å². The first-order chi connectivity index (χ1) is 15.2. The number of rotatable bonds is 6. The van der Waals surface area contributed by atoms with Crippen molar-refractivity contribution in [3.63, 3.8) is 0 Å². The van der Waals surface area contributed by atoms with Gasteiger partial charge in [-0.1, -0.05) is 48.9 Å². The van der Waals surface area contributed by atoms with Gasteiger partial charge >= 0.3 is 6.09 Å². The molecular weight excluding hydrogens is 430 g/mol. The average molecular weight is 462 g/mol. The van der Waals surface area contributed by atoms with E-state index in [0.717, 1.165) is 11.3 Å². The summed E-state index contributed by atoms with van der Waals surface area (Å²) in [5.41, 5.74) is 1.29. The lowest BCUT2D eigenvalue weighted by atomic mass is 9.98. The van der Waals surface area contributed by atoms with Gasteiger partial charge in [-0.15, -0.1) is 0 Å². The van der Waals surface area contributed by atoms with Crippen LogP contribution in [0.5, 0.6) is 0 Å². The van der Waals surface area contributed by atoms with Gasteiger partial charge in [-0.25, -0.2) is 9.78 Å². The maximum atomic E-state index is 12.8. The van der Waals surface area contributed by atoms with Crippen LogP contribution in [0.3, 0.4) is 0 Å². The van der Waals surface area contributed by atoms with Crippen molar-refractivity contribution in [2.75, 3.05) is 13.1 Å². The molecular formula is C23H32ClN5O3. The molecule has 0 spiro atoms. The number of nitrogens with zero attached hydrogens (tertiary/aromatic N) is 2. The van der Waals surface area contributed by atoms with Crippen molar-refractivity contribution in [1.29, 1.82) is 0 Å². The fourth-order valence-electron chi connectivity index (χ4n) is 3.64. The number of H-pyrrole nitrogens is 1. The molecule has 0 aliphatic carbocycles. The van der Waals surface area contributed by atoms with Crippen LogP contribution < -0.4 is 10.6 Å². The molecule has 2 atom stereocenters. The number of halogens is 1. The van der Waals surface area contributed by atoms with Crippen LogP contribution in [0.2, 0.25) is 5.15 Å². The number of aryl methyl sites for hydroxylation is 1. The summed E-state index contributed by atoms with van der Waals surface area (Å²) in [5.74, 6) is -0.114. The third kappa shape index (κ3) is 6.46. The monoisotopic (exact) mass is 461 g/mol. The second kappa shape index (κ2) is 10.4. The molecule has 1 aromatic carbocycles. The number of nitrogens with one attached hydrogen (secondary N) is 3. The lowest BCUT2D eigenvalue weighted by Gasteiger charge is -2.39. The van der Waals surface area contributed by atoms with Crippen LogP contribution in [-0.4, -0.2) is 57.6 Å². The predicted molar refractivity (Wildman–Crippen MR) is 124 cm³/mol. The summed E-state index contributed by atoms with van der Waals surface area (Å²) in [4.78, 5) is 34.3. The van der Waals surface area contributed by atoms with Crippen LogP contribution in [0.4, 0.5) is 4.79 Å². The zero-order valence-corrected chi connectivity index (χ0v) is 19.8. The molecule has 3 N–H and O–H groups in total. The van der Waals surface area contributed by atoms with E-state index in [2.05, 4.69) is 20.6 Å². The Balaban J connectivity index is 1.70. The fourth-order valence-corrected chi connectivity index (χ4v) is 3.90. The molecule has 2 aromatic rings. The normalized spacial score (nSPS) is 19.0. The maximum absolute atomic E-state index is 12.8. The number of benzene rings is 1. The number of hydrogen-bond acceptors (Lipinski definition) is 5. The number of piperidine rings is 1. The van der Waals surface area contributed by atoms with Crippen molar-refractivity contribution in [2.24, 2.45) is 0 Å². The van der Waals surface area contributed by atoms with Crippen LogP contribution in [-0.2, 0) is 17.7 Å². The average Bonchev–Trinajstić information content (AvgIpc) is 3.13. The molecule has 2 amide bonds. The van der Waals surface area contributed by atoms with Crippen molar-refractivity contribution < 1.29 is 14.3 Å². The van der Waals surface area contributed by atoms with Crippen LogP contribution in [0.1, 0.15) is 56.0 Å². The Bertz CT molecular complexity index is 925. The number of amides is 2. The molecule has 1 fully saturated rings. The maximum Gasteiger partial charge on any atom is 0.410 e. The first-order valence-electron chi connectivity index (χ1n) is 11.0. The van der Waals surface area contributed by atoms with Crippen molar-refractivity contribution in [3.05, 3.63) is 52.6 Å². The van der Waals surface area contributed by atoms with Gasteiger partial charge in [0, 0.05) is 31.7 Å². The van der Waals surface area contributed by atoms with Gasteiger partial charge in [0.05, 0.1) is 5.69 Å². The quantitative estimate of drug-likeness (QED) is 0.611. The topological polar surface area (TPSA) is 99.4 Å². The lowest BCUT2D eigenvalue weighted by molar-refractivity contribution is 0.0162. The minimum absolute atomic E-state index is 0.156. The number of carbonyl (C=O) groups excluding carboxylic acids is 2. The van der Waals surface area contributed by atoms with Crippen molar-refractivity contribution >= 4 is 23.6 Å². The second-order valence-electron chi connectivity index (χ2n) is 8.98. The van der Waals surface area contributed by atoms with E-state index in [1.165, 1.54) is 0 Å². The molecule has 2 heterocycles. The minimum Gasteiger partial charge on any atom is -0.444 e. The van der Waals surface area contributed by atoms with E-state index in [9.17, 15) is 9.59 Å². The Morgan fingerprint density at radius 2 is 1.97 bits per heavy atom. The van der Waals surface area contributed by atoms with Gasteiger partial charge < -0.3 is 25.3 Å². The molecule has 32 heavy (non-hydrogen) atoms. The van der Waals surface area contributed by atoms with Crippen molar-refractivity contribution in [2.45, 2.75) is 64.8 Å². The van der Waals surface area contributed by atoms with Gasteiger partial charge in [0.25, 0.3) is 5.91 Å². The first kappa shape index (κ1) is 24.1. The Kier molecular flexibility index (Phi) is 7.79. The number of hydrogen-bond donors (Lipinski definition) is 3. The summed E-state index contributed by atoms with van der Waals surface area (Å²) in [6, 6.07) is 9.66. The largest absolute Gasteiger partial charge is 0.444 e. The smallest absolute Gasteiger partial charge is 0.410 e. The number of carbonyl (C=O) groups is 2. The highest BCUT2D eigenvalue weighted by molar-refractivity contribution is 6.30. The fraction of sp³-hybridized carbons (Fsp3) is 0.522. The molecule has 9 heteroatoms. The van der Waals surface area contributed by atoms with E-state index in [-0.39, 0.29) is 29.9 Å². The summed E-state index contributed by atoms with van der Waals surface area (Å²) >= 11 is 6.09. The van der Waals surface area contributed by atoms with E-state index in [0.29, 0.717) is 37.6 Å². The number of imidazole rings is 1. The minimum atomic E-state index is -0.565. The Hall–Kier alpha value is -2.58. The highest BCUT2D eigenvalue weighted by Crippen LogP contribution is 2.18. The van der Waals surface area contributed by atoms with E-state index >= 15 is 0 Å². The summed E-state index contributed by atoms with van der Waals surface area (Å²) in [7, 11) is 0. The van der Waals surface area contributed by atoms with Gasteiger partial charge in [-0.05, 0) is 39.2 Å². The predicted octanol–water partition coefficient (Wildman–Crippen LogP) is 3.52. The summed E-state index contributed by atoms with van der Waals surface area (Å²) in [5, 5.41) is 6.88. The second-order valence-corrected chi connectivity index (χ2v) is 9.33. The van der Waals surface area contributed by atoms with Crippen LogP contribution in [0, 0.1) is 0 Å². The summed E-state index contributed by atoms with van der Waals surface area (Å²) in [6.45, 7) is 9.02. The zero-order chi connectivity index (χ0) is 23.3. The number of likely N-dealkylation sites (tertiary alicyclic amines) is 1. The lowest BCUT2D eigenvalue weighted by Crippen LogP contribution is -2.60. The molecule has 0 bridgehead atoms. The zero-order valence-electron chi connectivity index (χ0n) is 19.1. The van der Waals surface area contributed by atoms with Crippen molar-refractivity contribution in [3.8, 4) is 0 Å². The third-order valence-corrected chi connectivity index (χ3v) is 5.60. The SMILES string of the molecule is CCc1[nH]c(C(=O)NC2CCN(C(=O)OC(C)(C)C)CC2NCc2ccccc2)nc1Cl. The molecule has 0 saturated carbocycles. The number of aromatic nitrogens is 2.